The summed E-state index contributed by atoms with van der Waals surface area (Å²) in [5.41, 5.74) is 0.925. The summed E-state index contributed by atoms with van der Waals surface area (Å²) < 4.78 is 33.6. The van der Waals surface area contributed by atoms with Gasteiger partial charge in [-0.1, -0.05) is 48.5 Å². The number of ether oxygens (including phenoxy) is 2. The number of ketones is 1. The Morgan fingerprint density at radius 3 is 2.06 bits per heavy atom. The van der Waals surface area contributed by atoms with Crippen LogP contribution in [0.1, 0.15) is 26.3 Å². The molecule has 0 unspecified atom stereocenters. The van der Waals surface area contributed by atoms with Crippen LogP contribution < -0.4 is 10.1 Å². The Morgan fingerprint density at radius 1 is 0.806 bits per heavy atom. The monoisotopic (exact) mass is 425 g/mol. The lowest BCUT2D eigenvalue weighted by Crippen LogP contribution is -2.22. The molecular formula is C23H17F2NO5. The van der Waals surface area contributed by atoms with Crippen molar-refractivity contribution < 1.29 is 32.6 Å². The fourth-order valence-electron chi connectivity index (χ4n) is 2.73. The maximum absolute atomic E-state index is 12.7. The van der Waals surface area contributed by atoms with E-state index in [2.05, 4.69) is 10.1 Å². The SMILES string of the molecule is O=C(COC(=O)c1ccccc1C(=O)c1ccccc1)Nc1ccc(OC(F)F)cc1. The number of nitrogens with one attached hydrogen (secondary N) is 1. The first kappa shape index (κ1) is 21.6. The van der Waals surface area contributed by atoms with Gasteiger partial charge in [-0.25, -0.2) is 4.79 Å². The van der Waals surface area contributed by atoms with Crippen molar-refractivity contribution in [3.63, 3.8) is 0 Å². The fourth-order valence-corrected chi connectivity index (χ4v) is 2.73. The molecule has 31 heavy (non-hydrogen) atoms. The second-order valence-corrected chi connectivity index (χ2v) is 6.27. The highest BCUT2D eigenvalue weighted by Gasteiger charge is 2.19. The van der Waals surface area contributed by atoms with E-state index >= 15 is 0 Å². The average molecular weight is 425 g/mol. The van der Waals surface area contributed by atoms with Crippen LogP contribution in [0.15, 0.2) is 78.9 Å². The summed E-state index contributed by atoms with van der Waals surface area (Å²) >= 11 is 0. The molecule has 3 aromatic rings. The molecule has 0 fully saturated rings. The smallest absolute Gasteiger partial charge is 0.387 e. The van der Waals surface area contributed by atoms with E-state index in [1.165, 1.54) is 36.4 Å². The second kappa shape index (κ2) is 10.1. The highest BCUT2D eigenvalue weighted by molar-refractivity contribution is 6.14. The van der Waals surface area contributed by atoms with Crippen molar-refractivity contribution in [2.45, 2.75) is 6.61 Å². The van der Waals surface area contributed by atoms with Gasteiger partial charge in [0.1, 0.15) is 5.75 Å². The van der Waals surface area contributed by atoms with Gasteiger partial charge in [-0.3, -0.25) is 9.59 Å². The Bertz CT molecular complexity index is 1070. The zero-order chi connectivity index (χ0) is 22.2. The number of amides is 1. The molecule has 158 valence electrons. The largest absolute Gasteiger partial charge is 0.452 e. The molecular weight excluding hydrogens is 408 g/mol. The van der Waals surface area contributed by atoms with Crippen LogP contribution in [0.5, 0.6) is 5.75 Å². The van der Waals surface area contributed by atoms with Crippen LogP contribution in [0.4, 0.5) is 14.5 Å². The van der Waals surface area contributed by atoms with Gasteiger partial charge in [0.15, 0.2) is 12.4 Å². The molecule has 0 radical (unpaired) electrons. The summed E-state index contributed by atoms with van der Waals surface area (Å²) in [7, 11) is 0. The predicted octanol–water partition coefficient (Wildman–Crippen LogP) is 4.31. The number of rotatable bonds is 8. The van der Waals surface area contributed by atoms with Crippen molar-refractivity contribution in [3.05, 3.63) is 95.6 Å². The summed E-state index contributed by atoms with van der Waals surface area (Å²) in [6.45, 7) is -3.54. The lowest BCUT2D eigenvalue weighted by atomic mass is 9.98. The van der Waals surface area contributed by atoms with Crippen LogP contribution in [0, 0.1) is 0 Å². The van der Waals surface area contributed by atoms with E-state index in [1.807, 2.05) is 0 Å². The molecule has 0 saturated heterocycles. The lowest BCUT2D eigenvalue weighted by molar-refractivity contribution is -0.119. The Morgan fingerprint density at radius 2 is 1.42 bits per heavy atom. The first-order valence-electron chi connectivity index (χ1n) is 9.14. The standard InChI is InChI=1S/C23H17F2NO5/c24-23(25)31-17-12-10-16(11-13-17)26-20(27)14-30-22(29)19-9-5-4-8-18(19)21(28)15-6-2-1-3-7-15/h1-13,23H,14H2,(H,26,27). The number of hydrogen-bond acceptors (Lipinski definition) is 5. The first-order valence-corrected chi connectivity index (χ1v) is 9.14. The first-order chi connectivity index (χ1) is 14.9. The highest BCUT2D eigenvalue weighted by Crippen LogP contribution is 2.18. The van der Waals surface area contributed by atoms with E-state index in [0.717, 1.165) is 0 Å². The number of esters is 1. The summed E-state index contributed by atoms with van der Waals surface area (Å²) in [4.78, 5) is 37.2. The molecule has 8 heteroatoms. The molecule has 0 spiro atoms. The van der Waals surface area contributed by atoms with Crippen LogP contribution >= 0.6 is 0 Å². The number of carbonyl (C=O) groups excluding carboxylic acids is 3. The zero-order valence-electron chi connectivity index (χ0n) is 16.1. The molecule has 0 bridgehead atoms. The Kier molecular flexibility index (Phi) is 7.05. The van der Waals surface area contributed by atoms with E-state index in [0.29, 0.717) is 11.3 Å². The van der Waals surface area contributed by atoms with Gasteiger partial charge in [-0.2, -0.15) is 8.78 Å². The van der Waals surface area contributed by atoms with Gasteiger partial charge >= 0.3 is 12.6 Å². The normalized spacial score (nSPS) is 10.4. The molecule has 6 nitrogen and oxygen atoms in total. The molecule has 0 atom stereocenters. The summed E-state index contributed by atoms with van der Waals surface area (Å²) in [5, 5.41) is 2.47. The Labute approximate surface area is 176 Å². The third-order valence-corrected chi connectivity index (χ3v) is 4.13. The minimum atomic E-state index is -2.95. The summed E-state index contributed by atoms with van der Waals surface area (Å²) in [6.07, 6.45) is 0. The molecule has 1 amide bonds. The number of benzene rings is 3. The molecule has 0 heterocycles. The van der Waals surface area contributed by atoms with Crippen LogP contribution in [0.25, 0.3) is 0 Å². The minimum absolute atomic E-state index is 0.0395. The molecule has 0 aromatic heterocycles. The van der Waals surface area contributed by atoms with Gasteiger partial charge in [0.05, 0.1) is 5.56 Å². The van der Waals surface area contributed by atoms with E-state index in [-0.39, 0.29) is 22.7 Å². The molecule has 0 aliphatic carbocycles. The van der Waals surface area contributed by atoms with Gasteiger partial charge in [-0.05, 0) is 30.3 Å². The highest BCUT2D eigenvalue weighted by atomic mass is 19.3. The topological polar surface area (TPSA) is 81.7 Å². The number of carbonyl (C=O) groups is 3. The van der Waals surface area contributed by atoms with Crippen LogP contribution in [-0.2, 0) is 9.53 Å². The molecule has 0 aliphatic rings. The van der Waals surface area contributed by atoms with E-state index < -0.39 is 25.1 Å². The van der Waals surface area contributed by atoms with E-state index in [9.17, 15) is 23.2 Å². The van der Waals surface area contributed by atoms with Crippen LogP contribution in [0.3, 0.4) is 0 Å². The maximum Gasteiger partial charge on any atom is 0.387 e. The zero-order valence-corrected chi connectivity index (χ0v) is 16.1. The van der Waals surface area contributed by atoms with Gasteiger partial charge in [0.25, 0.3) is 5.91 Å². The van der Waals surface area contributed by atoms with Gasteiger partial charge in [0, 0.05) is 16.8 Å². The quantitative estimate of drug-likeness (QED) is 0.430. The van der Waals surface area contributed by atoms with Crippen molar-refractivity contribution in [2.75, 3.05) is 11.9 Å². The summed E-state index contributed by atoms with van der Waals surface area (Å²) in [5.74, 6) is -1.86. The number of alkyl halides is 2. The van der Waals surface area contributed by atoms with Gasteiger partial charge in [-0.15, -0.1) is 0 Å². The molecule has 3 rings (SSSR count). The van der Waals surface area contributed by atoms with Crippen LogP contribution in [0.2, 0.25) is 0 Å². The molecule has 0 aliphatic heterocycles. The van der Waals surface area contributed by atoms with Crippen molar-refractivity contribution in [2.24, 2.45) is 0 Å². The fraction of sp³-hybridized carbons (Fsp3) is 0.0870. The second-order valence-electron chi connectivity index (χ2n) is 6.27. The maximum atomic E-state index is 12.7. The molecule has 1 N–H and O–H groups in total. The Balaban J connectivity index is 1.61. The predicted molar refractivity (Wildman–Crippen MR) is 108 cm³/mol. The molecule has 0 saturated carbocycles. The lowest BCUT2D eigenvalue weighted by Gasteiger charge is -2.10. The Hall–Kier alpha value is -4.07. The van der Waals surface area contributed by atoms with Crippen molar-refractivity contribution in [3.8, 4) is 5.75 Å². The number of anilines is 1. The molecule has 3 aromatic carbocycles. The van der Waals surface area contributed by atoms with Crippen molar-refractivity contribution in [1.82, 2.24) is 0 Å². The van der Waals surface area contributed by atoms with Crippen molar-refractivity contribution in [1.29, 1.82) is 0 Å². The average Bonchev–Trinajstić information content (AvgIpc) is 2.78. The van der Waals surface area contributed by atoms with Crippen molar-refractivity contribution >= 4 is 23.3 Å². The number of hydrogen-bond donors (Lipinski definition) is 1. The third-order valence-electron chi connectivity index (χ3n) is 4.13. The van der Waals surface area contributed by atoms with E-state index in [1.54, 1.807) is 42.5 Å². The number of halogens is 2. The third kappa shape index (κ3) is 5.96. The minimum Gasteiger partial charge on any atom is -0.452 e. The van der Waals surface area contributed by atoms with Crippen LogP contribution in [-0.4, -0.2) is 30.9 Å². The summed E-state index contributed by atoms with van der Waals surface area (Å²) in [6, 6.07) is 19.9. The van der Waals surface area contributed by atoms with E-state index in [4.69, 9.17) is 4.74 Å². The van der Waals surface area contributed by atoms with Gasteiger partial charge < -0.3 is 14.8 Å². The van der Waals surface area contributed by atoms with Gasteiger partial charge in [0.2, 0.25) is 0 Å².